The van der Waals surface area contributed by atoms with Gasteiger partial charge < -0.3 is 0 Å². The minimum Gasteiger partial charge on any atom is -0.208 e. The second-order valence-electron chi connectivity index (χ2n) is 15.8. The number of fused-ring (bicyclic) bond motifs is 5. The lowest BCUT2D eigenvalue weighted by Gasteiger charge is -2.18. The van der Waals surface area contributed by atoms with Crippen LogP contribution in [0.5, 0.6) is 0 Å². The van der Waals surface area contributed by atoms with Crippen molar-refractivity contribution in [2.24, 2.45) is 0 Å². The highest BCUT2D eigenvalue weighted by molar-refractivity contribution is 6.25. The standard InChI is InChI=1S/C58H34N4/c59-35-40-17-9-22-44-42(40)21-11-25-48(44)52-33-31-50-46-18-7-8-19-47(46)51-32-34-53(55(52)54(50)51)49-26-12-23-43-41(20-10-24-45(43)49)36-27-29-39(30-28-36)58-61-56(37-13-3-1-4-14-37)60-57(62-58)38-15-5-2-6-16-38/h1-34H. The fraction of sp³-hybridized carbons (Fsp3) is 0. The number of nitrogens with zero attached hydrogens (tertiary/aromatic N) is 4. The van der Waals surface area contributed by atoms with E-state index in [-0.39, 0.29) is 0 Å². The summed E-state index contributed by atoms with van der Waals surface area (Å²) in [4.78, 5) is 14.8. The van der Waals surface area contributed by atoms with Gasteiger partial charge in [-0.25, -0.2) is 15.0 Å². The molecule has 1 aliphatic rings. The van der Waals surface area contributed by atoms with Gasteiger partial charge in [-0.05, 0) is 88.6 Å². The zero-order valence-corrected chi connectivity index (χ0v) is 33.4. The summed E-state index contributed by atoms with van der Waals surface area (Å²) < 4.78 is 0. The second kappa shape index (κ2) is 14.3. The monoisotopic (exact) mass is 786 g/mol. The molecule has 0 fully saturated rings. The van der Waals surface area contributed by atoms with Crippen molar-refractivity contribution in [3.8, 4) is 95.9 Å². The van der Waals surface area contributed by atoms with Crippen molar-refractivity contribution >= 4 is 32.3 Å². The van der Waals surface area contributed by atoms with Crippen LogP contribution in [0.3, 0.4) is 0 Å². The number of benzene rings is 10. The van der Waals surface area contributed by atoms with Gasteiger partial charge in [0.25, 0.3) is 0 Å². The van der Waals surface area contributed by atoms with Crippen LogP contribution in [0.25, 0.3) is 122 Å². The van der Waals surface area contributed by atoms with Gasteiger partial charge in [0.05, 0.1) is 11.6 Å². The molecule has 0 saturated carbocycles. The van der Waals surface area contributed by atoms with Gasteiger partial charge in [0.2, 0.25) is 0 Å². The molecule has 0 aliphatic heterocycles. The number of nitriles is 1. The quantitative estimate of drug-likeness (QED) is 0.168. The molecule has 0 radical (unpaired) electrons. The molecule has 1 aromatic heterocycles. The lowest BCUT2D eigenvalue weighted by atomic mass is 9.85. The first-order valence-electron chi connectivity index (χ1n) is 20.8. The number of aromatic nitrogens is 3. The van der Waals surface area contributed by atoms with Crippen molar-refractivity contribution in [1.29, 1.82) is 5.26 Å². The van der Waals surface area contributed by atoms with Gasteiger partial charge in [-0.3, -0.25) is 0 Å². The van der Waals surface area contributed by atoms with Crippen LogP contribution in [-0.4, -0.2) is 15.0 Å². The molecule has 0 amide bonds. The van der Waals surface area contributed by atoms with Crippen molar-refractivity contribution in [2.75, 3.05) is 0 Å². The molecule has 4 nitrogen and oxygen atoms in total. The maximum Gasteiger partial charge on any atom is 0.164 e. The molecule has 286 valence electrons. The van der Waals surface area contributed by atoms with Crippen molar-refractivity contribution in [2.45, 2.75) is 0 Å². The fourth-order valence-electron chi connectivity index (χ4n) is 9.52. The first kappa shape index (κ1) is 35.4. The van der Waals surface area contributed by atoms with Gasteiger partial charge in [0, 0.05) is 22.1 Å². The molecular weight excluding hydrogens is 753 g/mol. The Kier molecular flexibility index (Phi) is 8.19. The zero-order chi connectivity index (χ0) is 41.1. The minimum absolute atomic E-state index is 0.629. The van der Waals surface area contributed by atoms with E-state index in [1.807, 2.05) is 72.8 Å². The van der Waals surface area contributed by atoms with Gasteiger partial charge in [-0.2, -0.15) is 5.26 Å². The maximum atomic E-state index is 10.1. The highest BCUT2D eigenvalue weighted by Gasteiger charge is 2.26. The first-order chi connectivity index (χ1) is 30.7. The van der Waals surface area contributed by atoms with E-state index < -0.39 is 0 Å². The van der Waals surface area contributed by atoms with Gasteiger partial charge in [-0.1, -0.05) is 200 Å². The van der Waals surface area contributed by atoms with Gasteiger partial charge >= 0.3 is 0 Å². The number of rotatable bonds is 6. The number of hydrogen-bond acceptors (Lipinski definition) is 4. The molecule has 11 aromatic rings. The molecule has 10 aromatic carbocycles. The summed E-state index contributed by atoms with van der Waals surface area (Å²) in [6.45, 7) is 0. The molecule has 62 heavy (non-hydrogen) atoms. The Labute approximate surface area is 358 Å². The molecule has 4 heteroatoms. The lowest BCUT2D eigenvalue weighted by molar-refractivity contribution is 1.07. The van der Waals surface area contributed by atoms with Crippen molar-refractivity contribution in [3.63, 3.8) is 0 Å². The molecule has 0 atom stereocenters. The molecule has 0 unspecified atom stereocenters. The van der Waals surface area contributed by atoms with E-state index in [1.165, 1.54) is 54.9 Å². The highest BCUT2D eigenvalue weighted by atomic mass is 15.0. The third-order valence-corrected chi connectivity index (χ3v) is 12.4. The van der Waals surface area contributed by atoms with Crippen LogP contribution in [0.15, 0.2) is 206 Å². The Morgan fingerprint density at radius 2 is 0.613 bits per heavy atom. The van der Waals surface area contributed by atoms with Crippen LogP contribution >= 0.6 is 0 Å². The summed E-state index contributed by atoms with van der Waals surface area (Å²) in [6.07, 6.45) is 0. The molecule has 1 aliphatic carbocycles. The summed E-state index contributed by atoms with van der Waals surface area (Å²) in [7, 11) is 0. The third-order valence-electron chi connectivity index (χ3n) is 12.4. The van der Waals surface area contributed by atoms with Crippen LogP contribution < -0.4 is 0 Å². The van der Waals surface area contributed by atoms with E-state index in [9.17, 15) is 5.26 Å². The van der Waals surface area contributed by atoms with Crippen LogP contribution in [0, 0.1) is 11.3 Å². The minimum atomic E-state index is 0.629. The van der Waals surface area contributed by atoms with Crippen molar-refractivity contribution in [3.05, 3.63) is 212 Å². The largest absolute Gasteiger partial charge is 0.208 e. The molecule has 0 spiro atoms. The molecule has 0 N–H and O–H groups in total. The molecule has 12 rings (SSSR count). The maximum absolute atomic E-state index is 10.1. The van der Waals surface area contributed by atoms with Gasteiger partial charge in [-0.15, -0.1) is 0 Å². The van der Waals surface area contributed by atoms with Crippen molar-refractivity contribution in [1.82, 2.24) is 15.0 Å². The Balaban J connectivity index is 1.02. The van der Waals surface area contributed by atoms with Crippen molar-refractivity contribution < 1.29 is 0 Å². The first-order valence-corrected chi connectivity index (χ1v) is 20.8. The summed E-state index contributed by atoms with van der Waals surface area (Å²) in [5, 5.41) is 16.9. The fourth-order valence-corrected chi connectivity index (χ4v) is 9.52. The van der Waals surface area contributed by atoms with Crippen LogP contribution in [0.1, 0.15) is 5.56 Å². The molecule has 0 bridgehead atoms. The lowest BCUT2D eigenvalue weighted by Crippen LogP contribution is -2.00. The summed E-state index contributed by atoms with van der Waals surface area (Å²) in [5.41, 5.74) is 15.4. The van der Waals surface area contributed by atoms with E-state index in [1.54, 1.807) is 0 Å². The van der Waals surface area contributed by atoms with Crippen LogP contribution in [0.2, 0.25) is 0 Å². The Morgan fingerprint density at radius 3 is 1.11 bits per heavy atom. The summed E-state index contributed by atoms with van der Waals surface area (Å²) in [6, 6.07) is 74.8. The topological polar surface area (TPSA) is 62.5 Å². The third kappa shape index (κ3) is 5.64. The molecule has 0 saturated heterocycles. The van der Waals surface area contributed by atoms with E-state index in [0.717, 1.165) is 49.7 Å². The Hall–Kier alpha value is -8.52. The summed E-state index contributed by atoms with van der Waals surface area (Å²) in [5.74, 6) is 1.91. The van der Waals surface area contributed by atoms with Crippen LogP contribution in [-0.2, 0) is 0 Å². The summed E-state index contributed by atoms with van der Waals surface area (Å²) >= 11 is 0. The van der Waals surface area contributed by atoms with Gasteiger partial charge in [0.1, 0.15) is 0 Å². The number of hydrogen-bond donors (Lipinski definition) is 0. The van der Waals surface area contributed by atoms with Gasteiger partial charge in [0.15, 0.2) is 17.5 Å². The smallest absolute Gasteiger partial charge is 0.164 e. The SMILES string of the molecule is N#Cc1cccc2c(-c3ccc4c5c(ccc(-c6cccc7c(-c8ccc(-c9nc(-c%10ccccc%10)nc(-c%10ccccc%10)n9)cc8)cccc67)c35)-c3ccccc3-4)cccc12. The average Bonchev–Trinajstić information content (AvgIpc) is 3.68. The Morgan fingerprint density at radius 1 is 0.258 bits per heavy atom. The predicted molar refractivity (Wildman–Crippen MR) is 254 cm³/mol. The average molecular weight is 787 g/mol. The van der Waals surface area contributed by atoms with E-state index >= 15 is 0 Å². The van der Waals surface area contributed by atoms with E-state index in [4.69, 9.17) is 15.0 Å². The highest BCUT2D eigenvalue weighted by Crippen LogP contribution is 2.53. The molecule has 1 heterocycles. The van der Waals surface area contributed by atoms with E-state index in [0.29, 0.717) is 23.0 Å². The van der Waals surface area contributed by atoms with Crippen LogP contribution in [0.4, 0.5) is 0 Å². The van der Waals surface area contributed by atoms with E-state index in [2.05, 4.69) is 140 Å². The predicted octanol–water partition coefficient (Wildman–Crippen LogP) is 14.9. The second-order valence-corrected chi connectivity index (χ2v) is 15.8. The zero-order valence-electron chi connectivity index (χ0n) is 33.4. The molecular formula is C58H34N4. The normalized spacial score (nSPS) is 11.5. The Bertz CT molecular complexity index is 3540.